The lowest BCUT2D eigenvalue weighted by Crippen LogP contribution is -2.51. The van der Waals surface area contributed by atoms with Gasteiger partial charge in [0.15, 0.2) is 10.6 Å². The molecule has 1 saturated heterocycles. The molecule has 1 aromatic carbocycles. The molecule has 1 aromatic heterocycles. The third-order valence-corrected chi connectivity index (χ3v) is 6.40. The van der Waals surface area contributed by atoms with Gasteiger partial charge in [0.25, 0.3) is 0 Å². The number of aromatic nitrogens is 3. The van der Waals surface area contributed by atoms with Crippen LogP contribution < -0.4 is 0 Å². The van der Waals surface area contributed by atoms with E-state index >= 15 is 0 Å². The largest absolute Gasteiger partial charge is 0.340 e. The molecule has 1 N–H and O–H groups in total. The maximum atomic E-state index is 12.8. The quantitative estimate of drug-likeness (QED) is 0.783. The normalized spacial score (nSPS) is 18.7. The monoisotopic (exact) mass is 399 g/mol. The molecular weight excluding hydrogens is 370 g/mol. The van der Waals surface area contributed by atoms with Gasteiger partial charge in [-0.25, -0.2) is 0 Å². The predicted molar refractivity (Wildman–Crippen MR) is 113 cm³/mol. The van der Waals surface area contributed by atoms with Crippen LogP contribution in [0.1, 0.15) is 37.7 Å². The molecule has 150 valence electrons. The fraction of sp³-hybridized carbons (Fsp3) is 0.571. The van der Waals surface area contributed by atoms with Crippen LogP contribution in [0, 0.1) is 11.7 Å². The molecule has 1 aliphatic carbocycles. The Balaban J connectivity index is 1.35. The van der Waals surface area contributed by atoms with Crippen LogP contribution >= 0.6 is 12.2 Å². The SMILES string of the molecule is Cc1cccc(-c2n[nH]c(=S)n2CCC(=O)N2CCN(C3CCCC3)CC2)c1. The molecular formula is C21H29N5OS. The van der Waals surface area contributed by atoms with Gasteiger partial charge in [0.1, 0.15) is 0 Å². The van der Waals surface area contributed by atoms with Gasteiger partial charge in [0.05, 0.1) is 0 Å². The summed E-state index contributed by atoms with van der Waals surface area (Å²) in [4.78, 5) is 17.4. The van der Waals surface area contributed by atoms with Gasteiger partial charge in [-0.15, -0.1) is 0 Å². The highest BCUT2D eigenvalue weighted by molar-refractivity contribution is 7.71. The lowest BCUT2D eigenvalue weighted by Gasteiger charge is -2.38. The number of carbonyl (C=O) groups excluding carboxylic acids is 1. The van der Waals surface area contributed by atoms with Gasteiger partial charge in [-0.3, -0.25) is 19.4 Å². The van der Waals surface area contributed by atoms with Crippen LogP contribution in [0.25, 0.3) is 11.4 Å². The third-order valence-electron chi connectivity index (χ3n) is 6.09. The second-order valence-corrected chi connectivity index (χ2v) is 8.37. The van der Waals surface area contributed by atoms with Crippen molar-refractivity contribution in [3.8, 4) is 11.4 Å². The molecule has 0 atom stereocenters. The Bertz CT molecular complexity index is 875. The van der Waals surface area contributed by atoms with Gasteiger partial charge in [0.2, 0.25) is 5.91 Å². The number of nitrogens with one attached hydrogen (secondary N) is 1. The topological polar surface area (TPSA) is 57.2 Å². The van der Waals surface area contributed by atoms with E-state index < -0.39 is 0 Å². The van der Waals surface area contributed by atoms with Crippen molar-refractivity contribution < 1.29 is 4.79 Å². The lowest BCUT2D eigenvalue weighted by atomic mass is 10.1. The number of rotatable bonds is 5. The first-order valence-electron chi connectivity index (χ1n) is 10.4. The molecule has 28 heavy (non-hydrogen) atoms. The van der Waals surface area contributed by atoms with Crippen LogP contribution in [-0.4, -0.2) is 62.7 Å². The van der Waals surface area contributed by atoms with E-state index in [9.17, 15) is 4.79 Å². The summed E-state index contributed by atoms with van der Waals surface area (Å²) in [7, 11) is 0. The Hall–Kier alpha value is -1.99. The maximum Gasteiger partial charge on any atom is 0.224 e. The van der Waals surface area contributed by atoms with Crippen LogP contribution in [-0.2, 0) is 11.3 Å². The number of benzene rings is 1. The minimum atomic E-state index is 0.212. The summed E-state index contributed by atoms with van der Waals surface area (Å²) < 4.78 is 2.51. The van der Waals surface area contributed by atoms with Gasteiger partial charge >= 0.3 is 0 Å². The van der Waals surface area contributed by atoms with Crippen LogP contribution in [0.2, 0.25) is 0 Å². The van der Waals surface area contributed by atoms with Crippen molar-refractivity contribution in [3.63, 3.8) is 0 Å². The summed E-state index contributed by atoms with van der Waals surface area (Å²) in [6, 6.07) is 8.94. The van der Waals surface area contributed by atoms with Crippen molar-refractivity contribution in [1.29, 1.82) is 0 Å². The zero-order valence-electron chi connectivity index (χ0n) is 16.6. The maximum absolute atomic E-state index is 12.8. The van der Waals surface area contributed by atoms with Crippen molar-refractivity contribution in [3.05, 3.63) is 34.6 Å². The third kappa shape index (κ3) is 4.20. The summed E-state index contributed by atoms with van der Waals surface area (Å²) in [5.74, 6) is 1.01. The Labute approximate surface area is 171 Å². The van der Waals surface area contributed by atoms with Crippen LogP contribution in [0.4, 0.5) is 0 Å². The van der Waals surface area contributed by atoms with E-state index in [1.54, 1.807) is 0 Å². The second kappa shape index (κ2) is 8.57. The number of H-pyrrole nitrogens is 1. The molecule has 0 unspecified atom stereocenters. The number of aromatic amines is 1. The number of piperazine rings is 1. The molecule has 2 aromatic rings. The van der Waals surface area contributed by atoms with Crippen molar-refractivity contribution >= 4 is 18.1 Å². The molecule has 6 nitrogen and oxygen atoms in total. The van der Waals surface area contributed by atoms with Crippen LogP contribution in [0.3, 0.4) is 0 Å². The van der Waals surface area contributed by atoms with Gasteiger partial charge < -0.3 is 4.90 Å². The minimum Gasteiger partial charge on any atom is -0.340 e. The highest BCUT2D eigenvalue weighted by atomic mass is 32.1. The zero-order valence-corrected chi connectivity index (χ0v) is 17.4. The highest BCUT2D eigenvalue weighted by Crippen LogP contribution is 2.24. The highest BCUT2D eigenvalue weighted by Gasteiger charge is 2.27. The van der Waals surface area contributed by atoms with Crippen molar-refractivity contribution in [2.24, 2.45) is 0 Å². The Morgan fingerprint density at radius 1 is 1.21 bits per heavy atom. The average Bonchev–Trinajstić information content (AvgIpc) is 3.36. The average molecular weight is 400 g/mol. The standard InChI is InChI=1S/C21H29N5OS/c1-16-5-4-6-17(15-16)20-22-23-21(28)26(20)10-9-19(27)25-13-11-24(12-14-25)18-7-2-3-8-18/h4-6,15,18H,2-3,7-14H2,1H3,(H,23,28). The minimum absolute atomic E-state index is 0.212. The van der Waals surface area contributed by atoms with E-state index in [2.05, 4.69) is 34.2 Å². The van der Waals surface area contributed by atoms with Crippen molar-refractivity contribution in [1.82, 2.24) is 24.6 Å². The number of carbonyl (C=O) groups is 1. The smallest absolute Gasteiger partial charge is 0.224 e. The summed E-state index contributed by atoms with van der Waals surface area (Å²) in [5, 5.41) is 7.27. The number of nitrogens with zero attached hydrogens (tertiary/aromatic N) is 4. The van der Waals surface area contributed by atoms with E-state index in [0.717, 1.165) is 43.6 Å². The van der Waals surface area contributed by atoms with Crippen molar-refractivity contribution in [2.45, 2.75) is 51.6 Å². The van der Waals surface area contributed by atoms with Gasteiger partial charge in [-0.05, 0) is 38.0 Å². The van der Waals surface area contributed by atoms with Gasteiger partial charge in [-0.2, -0.15) is 5.10 Å². The molecule has 2 aliphatic rings. The number of hydrogen-bond donors (Lipinski definition) is 1. The lowest BCUT2D eigenvalue weighted by molar-refractivity contribution is -0.133. The Morgan fingerprint density at radius 2 is 1.96 bits per heavy atom. The molecule has 0 spiro atoms. The van der Waals surface area contributed by atoms with E-state index in [1.165, 1.54) is 31.2 Å². The van der Waals surface area contributed by atoms with E-state index in [-0.39, 0.29) is 5.91 Å². The second-order valence-electron chi connectivity index (χ2n) is 7.98. The summed E-state index contributed by atoms with van der Waals surface area (Å²) in [6.45, 7) is 6.32. The summed E-state index contributed by atoms with van der Waals surface area (Å²) in [5.41, 5.74) is 2.19. The fourth-order valence-electron chi connectivity index (χ4n) is 4.50. The predicted octanol–water partition coefficient (Wildman–Crippen LogP) is 3.39. The number of aryl methyl sites for hydroxylation is 1. The Morgan fingerprint density at radius 3 is 2.68 bits per heavy atom. The molecule has 0 bridgehead atoms. The molecule has 4 rings (SSSR count). The molecule has 2 heterocycles. The molecule has 2 fully saturated rings. The first-order valence-corrected chi connectivity index (χ1v) is 10.8. The summed E-state index contributed by atoms with van der Waals surface area (Å²) in [6.07, 6.45) is 5.83. The zero-order chi connectivity index (χ0) is 19.5. The molecule has 7 heteroatoms. The molecule has 1 aliphatic heterocycles. The van der Waals surface area contributed by atoms with Crippen LogP contribution in [0.15, 0.2) is 24.3 Å². The molecule has 0 radical (unpaired) electrons. The number of amides is 1. The van der Waals surface area contributed by atoms with Crippen LogP contribution in [0.5, 0.6) is 0 Å². The number of hydrogen-bond acceptors (Lipinski definition) is 4. The fourth-order valence-corrected chi connectivity index (χ4v) is 4.72. The Kier molecular flexibility index (Phi) is 5.92. The summed E-state index contributed by atoms with van der Waals surface area (Å²) >= 11 is 5.40. The van der Waals surface area contributed by atoms with E-state index in [1.807, 2.05) is 21.6 Å². The van der Waals surface area contributed by atoms with Gasteiger partial charge in [0, 0.05) is 50.7 Å². The first kappa shape index (κ1) is 19.3. The first-order chi connectivity index (χ1) is 13.6. The van der Waals surface area contributed by atoms with E-state index in [4.69, 9.17) is 12.2 Å². The molecule has 1 amide bonds. The molecule has 1 saturated carbocycles. The van der Waals surface area contributed by atoms with Gasteiger partial charge in [-0.1, -0.05) is 36.6 Å². The van der Waals surface area contributed by atoms with E-state index in [0.29, 0.717) is 17.7 Å². The van der Waals surface area contributed by atoms with Crippen molar-refractivity contribution in [2.75, 3.05) is 26.2 Å².